The molecule has 0 unspecified atom stereocenters. The van der Waals surface area contributed by atoms with E-state index in [9.17, 15) is 0 Å². The van der Waals surface area contributed by atoms with Crippen molar-refractivity contribution in [3.05, 3.63) is 59.0 Å². The number of aryl methyl sites for hydroxylation is 3. The SMILES string of the molecule is Cc1cc(C)nc(N/N=C\c2c(C)nn(-c3ccccc3)c2N2CCCCC2)n1. The van der Waals surface area contributed by atoms with Crippen LogP contribution in [-0.2, 0) is 0 Å². The molecule has 0 atom stereocenters. The largest absolute Gasteiger partial charge is 0.356 e. The second-order valence-electron chi connectivity index (χ2n) is 7.46. The topological polar surface area (TPSA) is 71.2 Å². The number of piperidine rings is 1. The molecule has 29 heavy (non-hydrogen) atoms. The van der Waals surface area contributed by atoms with Crippen LogP contribution in [0.15, 0.2) is 41.5 Å². The minimum absolute atomic E-state index is 0.506. The van der Waals surface area contributed by atoms with E-state index in [4.69, 9.17) is 5.10 Å². The van der Waals surface area contributed by atoms with Crippen molar-refractivity contribution in [1.29, 1.82) is 0 Å². The fraction of sp³-hybridized carbons (Fsp3) is 0.364. The summed E-state index contributed by atoms with van der Waals surface area (Å²) < 4.78 is 2.04. The van der Waals surface area contributed by atoms with Crippen LogP contribution in [0.4, 0.5) is 11.8 Å². The van der Waals surface area contributed by atoms with E-state index in [1.165, 1.54) is 19.3 Å². The highest BCUT2D eigenvalue weighted by Crippen LogP contribution is 2.28. The van der Waals surface area contributed by atoms with Crippen LogP contribution in [-0.4, -0.2) is 39.1 Å². The van der Waals surface area contributed by atoms with Gasteiger partial charge >= 0.3 is 0 Å². The van der Waals surface area contributed by atoms with E-state index < -0.39 is 0 Å². The Morgan fingerprint density at radius 1 is 0.966 bits per heavy atom. The molecule has 7 heteroatoms. The Labute approximate surface area is 171 Å². The van der Waals surface area contributed by atoms with Gasteiger partial charge in [0.1, 0.15) is 5.82 Å². The van der Waals surface area contributed by atoms with Crippen LogP contribution < -0.4 is 10.3 Å². The lowest BCUT2D eigenvalue weighted by Gasteiger charge is -2.29. The molecular weight excluding hydrogens is 362 g/mol. The summed E-state index contributed by atoms with van der Waals surface area (Å²) in [7, 11) is 0. The molecule has 4 rings (SSSR count). The Balaban J connectivity index is 1.69. The van der Waals surface area contributed by atoms with E-state index in [0.717, 1.165) is 47.2 Å². The van der Waals surface area contributed by atoms with E-state index in [-0.39, 0.29) is 0 Å². The summed E-state index contributed by atoms with van der Waals surface area (Å²) in [5.41, 5.74) is 7.82. The highest BCUT2D eigenvalue weighted by molar-refractivity contribution is 5.89. The molecule has 0 radical (unpaired) electrons. The van der Waals surface area contributed by atoms with Crippen LogP contribution in [0, 0.1) is 20.8 Å². The maximum atomic E-state index is 4.83. The number of para-hydroxylation sites is 1. The Bertz CT molecular complexity index is 981. The minimum atomic E-state index is 0.506. The van der Waals surface area contributed by atoms with Gasteiger partial charge < -0.3 is 4.90 Å². The molecule has 1 aliphatic heterocycles. The van der Waals surface area contributed by atoms with Gasteiger partial charge in [-0.25, -0.2) is 20.1 Å². The molecule has 0 saturated carbocycles. The molecule has 1 fully saturated rings. The summed E-state index contributed by atoms with van der Waals surface area (Å²) in [5, 5.41) is 9.27. The standard InChI is InChI=1S/C22H27N7/c1-16-14-17(2)25-22(24-16)26-23-15-20-18(3)27-29(19-10-6-4-7-11-19)21(20)28-12-8-5-9-13-28/h4,6-7,10-11,14-15H,5,8-9,12-13H2,1-3H3,(H,24,25,26)/b23-15-. The second-order valence-corrected chi connectivity index (χ2v) is 7.46. The minimum Gasteiger partial charge on any atom is -0.356 e. The number of rotatable bonds is 5. The third-order valence-electron chi connectivity index (χ3n) is 5.08. The number of aromatic nitrogens is 4. The van der Waals surface area contributed by atoms with Gasteiger partial charge in [0.05, 0.1) is 23.2 Å². The zero-order valence-electron chi connectivity index (χ0n) is 17.3. The Kier molecular flexibility index (Phi) is 5.55. The lowest BCUT2D eigenvalue weighted by molar-refractivity contribution is 0.567. The summed E-state index contributed by atoms with van der Waals surface area (Å²) in [6.45, 7) is 8.00. The molecule has 0 aliphatic carbocycles. The molecule has 0 spiro atoms. The maximum Gasteiger partial charge on any atom is 0.243 e. The lowest BCUT2D eigenvalue weighted by atomic mass is 10.1. The van der Waals surface area contributed by atoms with Crippen molar-refractivity contribution in [3.63, 3.8) is 0 Å². The summed E-state index contributed by atoms with van der Waals surface area (Å²) in [4.78, 5) is 11.2. The van der Waals surface area contributed by atoms with E-state index in [0.29, 0.717) is 5.95 Å². The molecule has 0 bridgehead atoms. The van der Waals surface area contributed by atoms with E-state index in [1.54, 1.807) is 0 Å². The zero-order valence-corrected chi connectivity index (χ0v) is 17.3. The first-order valence-corrected chi connectivity index (χ1v) is 10.1. The van der Waals surface area contributed by atoms with Gasteiger partial charge in [-0.3, -0.25) is 0 Å². The van der Waals surface area contributed by atoms with Crippen LogP contribution in [0.2, 0.25) is 0 Å². The van der Waals surface area contributed by atoms with Crippen molar-refractivity contribution < 1.29 is 0 Å². The predicted molar refractivity (Wildman–Crippen MR) is 117 cm³/mol. The number of hydrogen-bond donors (Lipinski definition) is 1. The monoisotopic (exact) mass is 389 g/mol. The number of nitrogens with zero attached hydrogens (tertiary/aromatic N) is 6. The van der Waals surface area contributed by atoms with E-state index >= 15 is 0 Å². The third kappa shape index (κ3) is 4.29. The predicted octanol–water partition coefficient (Wildman–Crippen LogP) is 4.02. The number of hydrogen-bond acceptors (Lipinski definition) is 6. The number of anilines is 2. The Morgan fingerprint density at radius 2 is 1.66 bits per heavy atom. The van der Waals surface area contributed by atoms with Crippen molar-refractivity contribution in [1.82, 2.24) is 19.7 Å². The average molecular weight is 390 g/mol. The van der Waals surface area contributed by atoms with Crippen LogP contribution in [0.5, 0.6) is 0 Å². The zero-order chi connectivity index (χ0) is 20.2. The fourth-order valence-corrected chi connectivity index (χ4v) is 3.77. The van der Waals surface area contributed by atoms with Crippen LogP contribution >= 0.6 is 0 Å². The van der Waals surface area contributed by atoms with Crippen LogP contribution in [0.25, 0.3) is 5.69 Å². The maximum absolute atomic E-state index is 4.83. The molecule has 150 valence electrons. The van der Waals surface area contributed by atoms with Gasteiger partial charge in [-0.1, -0.05) is 18.2 Å². The van der Waals surface area contributed by atoms with Crippen molar-refractivity contribution in [2.45, 2.75) is 40.0 Å². The fourth-order valence-electron chi connectivity index (χ4n) is 3.77. The van der Waals surface area contributed by atoms with Gasteiger partial charge in [0, 0.05) is 24.5 Å². The van der Waals surface area contributed by atoms with Gasteiger partial charge in [-0.2, -0.15) is 10.2 Å². The van der Waals surface area contributed by atoms with Gasteiger partial charge in [0.2, 0.25) is 5.95 Å². The number of benzene rings is 1. The molecule has 1 aromatic carbocycles. The summed E-state index contributed by atoms with van der Waals surface area (Å²) in [6, 6.07) is 12.2. The number of hydrazone groups is 1. The van der Waals surface area contributed by atoms with Gasteiger partial charge in [0.25, 0.3) is 0 Å². The molecule has 2 aromatic heterocycles. The van der Waals surface area contributed by atoms with Gasteiger partial charge in [-0.05, 0) is 58.2 Å². The molecule has 1 saturated heterocycles. The molecule has 1 N–H and O–H groups in total. The van der Waals surface area contributed by atoms with Crippen LogP contribution in [0.1, 0.15) is 41.9 Å². The van der Waals surface area contributed by atoms with Crippen molar-refractivity contribution in [3.8, 4) is 5.69 Å². The van der Waals surface area contributed by atoms with Gasteiger partial charge in [-0.15, -0.1) is 0 Å². The average Bonchev–Trinajstić information content (AvgIpc) is 3.05. The molecule has 3 aromatic rings. The van der Waals surface area contributed by atoms with Crippen LogP contribution in [0.3, 0.4) is 0 Å². The summed E-state index contributed by atoms with van der Waals surface area (Å²) >= 11 is 0. The Morgan fingerprint density at radius 3 is 2.34 bits per heavy atom. The molecule has 0 amide bonds. The quantitative estimate of drug-likeness (QED) is 0.527. The van der Waals surface area contributed by atoms with E-state index in [1.807, 2.05) is 55.9 Å². The first-order valence-electron chi connectivity index (χ1n) is 10.1. The molecule has 7 nitrogen and oxygen atoms in total. The second kappa shape index (κ2) is 8.43. The summed E-state index contributed by atoms with van der Waals surface area (Å²) in [6.07, 6.45) is 5.52. The third-order valence-corrected chi connectivity index (χ3v) is 5.08. The highest BCUT2D eigenvalue weighted by Gasteiger charge is 2.22. The van der Waals surface area contributed by atoms with Crippen molar-refractivity contribution in [2.75, 3.05) is 23.4 Å². The van der Waals surface area contributed by atoms with Gasteiger partial charge in [0.15, 0.2) is 0 Å². The van der Waals surface area contributed by atoms with Crippen molar-refractivity contribution in [2.24, 2.45) is 5.10 Å². The smallest absolute Gasteiger partial charge is 0.243 e. The first-order chi connectivity index (χ1) is 14.1. The lowest BCUT2D eigenvalue weighted by Crippen LogP contribution is -2.32. The Hall–Kier alpha value is -3.22. The summed E-state index contributed by atoms with van der Waals surface area (Å²) in [5.74, 6) is 1.60. The first kappa shape index (κ1) is 19.1. The molecule has 1 aliphatic rings. The van der Waals surface area contributed by atoms with Crippen molar-refractivity contribution >= 4 is 18.0 Å². The number of nitrogens with one attached hydrogen (secondary N) is 1. The van der Waals surface area contributed by atoms with E-state index in [2.05, 4.69) is 37.5 Å². The molecular formula is C22H27N7. The molecule has 3 heterocycles. The normalized spacial score (nSPS) is 14.5. The highest BCUT2D eigenvalue weighted by atomic mass is 15.4.